The molecule has 0 aliphatic rings. The van der Waals surface area contributed by atoms with E-state index >= 15 is 0 Å². The summed E-state index contributed by atoms with van der Waals surface area (Å²) in [6.45, 7) is -0.464. The molecule has 0 atom stereocenters. The lowest BCUT2D eigenvalue weighted by atomic mass is 10.2. The highest BCUT2D eigenvalue weighted by Gasteiger charge is 2.31. The molecule has 23 heavy (non-hydrogen) atoms. The number of hydrogen-bond donors (Lipinski definition) is 0. The van der Waals surface area contributed by atoms with Crippen molar-refractivity contribution in [3.05, 3.63) is 70.1 Å². The van der Waals surface area contributed by atoms with Gasteiger partial charge in [-0.15, -0.1) is 0 Å². The normalized spacial score (nSPS) is 11.3. The van der Waals surface area contributed by atoms with Crippen LogP contribution >= 0.6 is 0 Å². The first-order valence-electron chi connectivity index (χ1n) is 6.83. The average Bonchev–Trinajstić information content (AvgIpc) is 2.49. The lowest BCUT2D eigenvalue weighted by molar-refractivity contribution is -0.145. The Morgan fingerprint density at radius 1 is 1.09 bits per heavy atom. The van der Waals surface area contributed by atoms with Crippen LogP contribution in [-0.2, 0) is 28.7 Å². The number of rotatable bonds is 5. The molecule has 2 rings (SSSR count). The van der Waals surface area contributed by atoms with Gasteiger partial charge in [-0.2, -0.15) is 13.2 Å². The van der Waals surface area contributed by atoms with Crippen molar-refractivity contribution in [2.75, 3.05) is 6.61 Å². The van der Waals surface area contributed by atoms with Crippen LogP contribution in [0.4, 0.5) is 13.2 Å². The number of carbonyl (C=O) groups excluding carboxylic acids is 1. The predicted octanol–water partition coefficient (Wildman–Crippen LogP) is 2.65. The Labute approximate surface area is 130 Å². The number of alkyl halides is 3. The van der Waals surface area contributed by atoms with E-state index in [1.165, 1.54) is 0 Å². The largest absolute Gasteiger partial charge is 0.464 e. The summed E-state index contributed by atoms with van der Waals surface area (Å²) in [5.41, 5.74) is -0.719. The fourth-order valence-electron chi connectivity index (χ4n) is 1.93. The van der Waals surface area contributed by atoms with Gasteiger partial charge in [0.05, 0.1) is 12.2 Å². The topological polar surface area (TPSA) is 48.3 Å². The van der Waals surface area contributed by atoms with Gasteiger partial charge in [0.15, 0.2) is 0 Å². The van der Waals surface area contributed by atoms with Crippen LogP contribution in [0.3, 0.4) is 0 Å². The van der Waals surface area contributed by atoms with Crippen molar-refractivity contribution in [3.8, 4) is 0 Å². The minimum Gasteiger partial charge on any atom is -0.464 e. The second kappa shape index (κ2) is 7.13. The molecule has 1 heterocycles. The van der Waals surface area contributed by atoms with E-state index in [4.69, 9.17) is 4.74 Å². The molecule has 0 radical (unpaired) electrons. The predicted molar refractivity (Wildman–Crippen MR) is 76.8 cm³/mol. The standard InChI is InChI=1S/C16H14F3NO3/c17-16(18,19)13-6-7-14(21)20(10-13)11-15(22)23-9-8-12-4-2-1-3-5-12/h1-7,10H,8-9,11H2. The molecule has 122 valence electrons. The van der Waals surface area contributed by atoms with Crippen LogP contribution in [0.1, 0.15) is 11.1 Å². The first-order valence-corrected chi connectivity index (χ1v) is 6.83. The van der Waals surface area contributed by atoms with Gasteiger partial charge in [0.1, 0.15) is 6.54 Å². The summed E-state index contributed by atoms with van der Waals surface area (Å²) in [6, 6.07) is 10.7. The molecule has 0 saturated heterocycles. The van der Waals surface area contributed by atoms with Crippen molar-refractivity contribution in [1.29, 1.82) is 0 Å². The van der Waals surface area contributed by atoms with Crippen molar-refractivity contribution in [2.24, 2.45) is 0 Å². The fraction of sp³-hybridized carbons (Fsp3) is 0.250. The quantitative estimate of drug-likeness (QED) is 0.794. The molecule has 0 spiro atoms. The van der Waals surface area contributed by atoms with Crippen LogP contribution < -0.4 is 5.56 Å². The zero-order valence-electron chi connectivity index (χ0n) is 12.0. The molecule has 0 aliphatic carbocycles. The van der Waals surface area contributed by atoms with Crippen LogP contribution in [0.15, 0.2) is 53.5 Å². The number of pyridine rings is 1. The van der Waals surface area contributed by atoms with Crippen LogP contribution in [0, 0.1) is 0 Å². The molecule has 0 bridgehead atoms. The Morgan fingerprint density at radius 3 is 2.43 bits per heavy atom. The third-order valence-electron chi connectivity index (χ3n) is 3.11. The first-order chi connectivity index (χ1) is 10.9. The molecule has 7 heteroatoms. The summed E-state index contributed by atoms with van der Waals surface area (Å²) in [5.74, 6) is -0.762. The second-order valence-electron chi connectivity index (χ2n) is 4.84. The van der Waals surface area contributed by atoms with Gasteiger partial charge in [0.25, 0.3) is 5.56 Å². The molecule has 0 saturated carbocycles. The first kappa shape index (κ1) is 16.8. The summed E-state index contributed by atoms with van der Waals surface area (Å²) < 4.78 is 43.4. The van der Waals surface area contributed by atoms with E-state index in [-0.39, 0.29) is 6.61 Å². The van der Waals surface area contributed by atoms with Crippen molar-refractivity contribution in [1.82, 2.24) is 4.57 Å². The van der Waals surface area contributed by atoms with E-state index in [0.717, 1.165) is 11.6 Å². The third-order valence-corrected chi connectivity index (χ3v) is 3.11. The number of aromatic nitrogens is 1. The monoisotopic (exact) mass is 325 g/mol. The Bertz CT molecular complexity index is 723. The van der Waals surface area contributed by atoms with Gasteiger partial charge >= 0.3 is 12.1 Å². The molecule has 2 aromatic rings. The number of nitrogens with zero attached hydrogens (tertiary/aromatic N) is 1. The van der Waals surface area contributed by atoms with E-state index < -0.39 is 29.8 Å². The van der Waals surface area contributed by atoms with Gasteiger partial charge < -0.3 is 9.30 Å². The molecule has 0 N–H and O–H groups in total. The number of halogens is 3. The van der Waals surface area contributed by atoms with E-state index in [0.29, 0.717) is 23.3 Å². The van der Waals surface area contributed by atoms with Gasteiger partial charge in [-0.1, -0.05) is 30.3 Å². The highest BCUT2D eigenvalue weighted by atomic mass is 19.4. The Kier molecular flexibility index (Phi) is 5.20. The summed E-state index contributed by atoms with van der Waals surface area (Å²) in [5, 5.41) is 0. The summed E-state index contributed by atoms with van der Waals surface area (Å²) in [6.07, 6.45) is -3.47. The average molecular weight is 325 g/mol. The Morgan fingerprint density at radius 2 is 1.78 bits per heavy atom. The third kappa shape index (κ3) is 4.98. The van der Waals surface area contributed by atoms with Crippen LogP contribution in [0.2, 0.25) is 0 Å². The second-order valence-corrected chi connectivity index (χ2v) is 4.84. The van der Waals surface area contributed by atoms with Crippen molar-refractivity contribution in [2.45, 2.75) is 19.1 Å². The number of carbonyl (C=O) groups is 1. The molecule has 0 fully saturated rings. The zero-order chi connectivity index (χ0) is 16.9. The molecular formula is C16H14F3NO3. The number of ether oxygens (including phenoxy) is 1. The highest BCUT2D eigenvalue weighted by Crippen LogP contribution is 2.27. The summed E-state index contributed by atoms with van der Waals surface area (Å²) in [7, 11) is 0. The van der Waals surface area contributed by atoms with E-state index in [1.807, 2.05) is 30.3 Å². The lowest BCUT2D eigenvalue weighted by Crippen LogP contribution is -2.26. The number of hydrogen-bond acceptors (Lipinski definition) is 3. The van der Waals surface area contributed by atoms with Gasteiger partial charge in [-0.3, -0.25) is 9.59 Å². The molecule has 0 amide bonds. The number of benzene rings is 1. The Hall–Kier alpha value is -2.57. The highest BCUT2D eigenvalue weighted by molar-refractivity contribution is 5.69. The number of esters is 1. The molecule has 1 aromatic carbocycles. The molecule has 0 unspecified atom stereocenters. The van der Waals surface area contributed by atoms with E-state index in [9.17, 15) is 22.8 Å². The summed E-state index contributed by atoms with van der Waals surface area (Å²) >= 11 is 0. The van der Waals surface area contributed by atoms with Crippen molar-refractivity contribution in [3.63, 3.8) is 0 Å². The van der Waals surface area contributed by atoms with Gasteiger partial charge in [0.2, 0.25) is 0 Å². The Balaban J connectivity index is 1.94. The summed E-state index contributed by atoms with van der Waals surface area (Å²) in [4.78, 5) is 23.2. The zero-order valence-corrected chi connectivity index (χ0v) is 12.0. The van der Waals surface area contributed by atoms with E-state index in [2.05, 4.69) is 0 Å². The minimum absolute atomic E-state index is 0.0938. The van der Waals surface area contributed by atoms with Gasteiger partial charge in [-0.05, 0) is 11.6 Å². The maximum absolute atomic E-state index is 12.6. The van der Waals surface area contributed by atoms with Crippen LogP contribution in [-0.4, -0.2) is 17.1 Å². The molecule has 1 aromatic heterocycles. The van der Waals surface area contributed by atoms with Crippen LogP contribution in [0.25, 0.3) is 0 Å². The van der Waals surface area contributed by atoms with E-state index in [1.54, 1.807) is 0 Å². The smallest absolute Gasteiger partial charge is 0.417 e. The van der Waals surface area contributed by atoms with Gasteiger partial charge in [0, 0.05) is 18.7 Å². The van der Waals surface area contributed by atoms with Crippen molar-refractivity contribution >= 4 is 5.97 Å². The minimum atomic E-state index is -4.58. The van der Waals surface area contributed by atoms with Gasteiger partial charge in [-0.25, -0.2) is 0 Å². The lowest BCUT2D eigenvalue weighted by Gasteiger charge is -2.10. The molecule has 0 aliphatic heterocycles. The fourth-order valence-corrected chi connectivity index (χ4v) is 1.93. The van der Waals surface area contributed by atoms with Crippen LogP contribution in [0.5, 0.6) is 0 Å². The SMILES string of the molecule is O=C(Cn1cc(C(F)(F)F)ccc1=O)OCCc1ccccc1. The molecular weight excluding hydrogens is 311 g/mol. The maximum Gasteiger partial charge on any atom is 0.417 e. The van der Waals surface area contributed by atoms with Crippen molar-refractivity contribution < 1.29 is 22.7 Å². The maximum atomic E-state index is 12.6. The molecule has 4 nitrogen and oxygen atoms in total.